The van der Waals surface area contributed by atoms with E-state index in [1.54, 1.807) is 18.2 Å². The number of fused-ring (bicyclic) bond motifs is 4. The molecule has 1 N–H and O–H groups in total. The first-order valence-corrected chi connectivity index (χ1v) is 14.0. The molecule has 2 heterocycles. The zero-order chi connectivity index (χ0) is 28.6. The molecule has 3 aliphatic rings. The zero-order valence-electron chi connectivity index (χ0n) is 21.4. The van der Waals surface area contributed by atoms with Crippen LogP contribution in [0.3, 0.4) is 0 Å². The monoisotopic (exact) mass is 615 g/mol. The summed E-state index contributed by atoms with van der Waals surface area (Å²) in [4.78, 5) is 26.4. The van der Waals surface area contributed by atoms with Crippen molar-refractivity contribution >= 4 is 46.7 Å². The second-order valence-electron chi connectivity index (χ2n) is 9.72. The maximum Gasteiger partial charge on any atom is 0.342 e. The van der Waals surface area contributed by atoms with Gasteiger partial charge in [-0.15, -0.1) is 0 Å². The summed E-state index contributed by atoms with van der Waals surface area (Å²) in [5.74, 6) is -1.15. The lowest BCUT2D eigenvalue weighted by Crippen LogP contribution is -2.54. The number of hydrogen-bond acceptors (Lipinski definition) is 7. The summed E-state index contributed by atoms with van der Waals surface area (Å²) < 4.78 is 27.6. The molecule has 0 spiro atoms. The van der Waals surface area contributed by atoms with Crippen LogP contribution in [0.1, 0.15) is 33.0 Å². The molecule has 2 aliphatic heterocycles. The van der Waals surface area contributed by atoms with Gasteiger partial charge in [-0.25, -0.2) is 4.79 Å². The van der Waals surface area contributed by atoms with Crippen LogP contribution in [0.5, 0.6) is 17.2 Å². The molecule has 0 bridgehead atoms. The van der Waals surface area contributed by atoms with Crippen LogP contribution in [-0.2, 0) is 27.5 Å². The first kappa shape index (κ1) is 27.7. The summed E-state index contributed by atoms with van der Waals surface area (Å²) in [5.41, 5.74) is 2.55. The maximum atomic E-state index is 13.7. The Labute approximate surface area is 251 Å². The summed E-state index contributed by atoms with van der Waals surface area (Å²) in [6, 6.07) is 20.1. The lowest BCUT2D eigenvalue weighted by Gasteiger charge is -2.43. The number of ether oxygens (including phenoxy) is 5. The topological polar surface area (TPSA) is 92.3 Å². The lowest BCUT2D eigenvalue weighted by molar-refractivity contribution is -0.121. The Bertz CT molecular complexity index is 1480. The second kappa shape index (κ2) is 11.4. The van der Waals surface area contributed by atoms with Gasteiger partial charge in [0.05, 0.1) is 12.6 Å². The predicted octanol–water partition coefficient (Wildman–Crippen LogP) is 5.63. The Morgan fingerprint density at radius 3 is 2.32 bits per heavy atom. The predicted molar refractivity (Wildman–Crippen MR) is 152 cm³/mol. The smallest absolute Gasteiger partial charge is 0.342 e. The fraction of sp³-hybridized carbons (Fsp3) is 0.267. The van der Waals surface area contributed by atoms with Crippen molar-refractivity contribution in [3.8, 4) is 17.2 Å². The number of carbonyl (C=O) groups excluding carboxylic acids is 2. The van der Waals surface area contributed by atoms with Gasteiger partial charge >= 0.3 is 5.97 Å². The Morgan fingerprint density at radius 1 is 0.951 bits per heavy atom. The molecule has 8 nitrogen and oxygen atoms in total. The Morgan fingerprint density at radius 2 is 1.63 bits per heavy atom. The number of esters is 1. The van der Waals surface area contributed by atoms with Gasteiger partial charge in [0.2, 0.25) is 12.5 Å². The number of alkyl halides is 3. The van der Waals surface area contributed by atoms with Crippen molar-refractivity contribution in [3.05, 3.63) is 101 Å². The van der Waals surface area contributed by atoms with Gasteiger partial charge in [0.1, 0.15) is 24.4 Å². The third-order valence-electron chi connectivity index (χ3n) is 7.10. The third-order valence-corrected chi connectivity index (χ3v) is 7.61. The Kier molecular flexibility index (Phi) is 7.74. The van der Waals surface area contributed by atoms with Crippen molar-refractivity contribution < 1.29 is 33.3 Å². The van der Waals surface area contributed by atoms with Gasteiger partial charge in [0, 0.05) is 5.92 Å². The molecule has 0 radical (unpaired) electrons. The van der Waals surface area contributed by atoms with Crippen LogP contribution < -0.4 is 19.5 Å². The summed E-state index contributed by atoms with van der Waals surface area (Å²) >= 11 is 17.6. The molecule has 3 aromatic rings. The molecule has 41 heavy (non-hydrogen) atoms. The van der Waals surface area contributed by atoms with E-state index < -0.39 is 39.8 Å². The average molecular weight is 617 g/mol. The highest BCUT2D eigenvalue weighted by Crippen LogP contribution is 2.51. The molecule has 1 amide bonds. The normalized spacial score (nSPS) is 22.4. The van der Waals surface area contributed by atoms with Gasteiger partial charge < -0.3 is 29.0 Å². The molecule has 3 aromatic carbocycles. The van der Waals surface area contributed by atoms with Crippen molar-refractivity contribution in [2.75, 3.05) is 6.79 Å². The molecular weight excluding hydrogens is 593 g/mol. The molecule has 11 heteroatoms. The van der Waals surface area contributed by atoms with Crippen LogP contribution in [-0.4, -0.2) is 40.7 Å². The van der Waals surface area contributed by atoms with Crippen LogP contribution in [0.2, 0.25) is 0 Å². The summed E-state index contributed by atoms with van der Waals surface area (Å²) in [5, 5.41) is 2.77. The molecule has 6 rings (SSSR count). The van der Waals surface area contributed by atoms with Crippen LogP contribution in [0.25, 0.3) is 0 Å². The van der Waals surface area contributed by atoms with Crippen LogP contribution in [0, 0.1) is 0 Å². The van der Waals surface area contributed by atoms with E-state index in [1.807, 2.05) is 60.7 Å². The quantitative estimate of drug-likeness (QED) is 0.209. The summed E-state index contributed by atoms with van der Waals surface area (Å²) in [6.07, 6.45) is 2.05. The van der Waals surface area contributed by atoms with E-state index in [0.29, 0.717) is 17.1 Å². The summed E-state index contributed by atoms with van der Waals surface area (Å²) in [7, 11) is 0. The standard InChI is InChI=1S/C30H24Cl3NO7/c31-30(32,33)29(36)34-20-11-12-21(37-14-17-7-3-1-4-8-17)25-23(20)19-13-22-26(40-16-39-22)27(24(19)28(35)41-25)38-15-18-9-5-2-6-10-18/h1-13,20-21,23,25H,14-16H2,(H,34,36)/t20-,21+,23+,25-/m0/s1. The molecule has 0 unspecified atom stereocenters. The molecule has 4 atom stereocenters. The van der Waals surface area contributed by atoms with Crippen LogP contribution >= 0.6 is 34.8 Å². The largest absolute Gasteiger partial charge is 0.484 e. The average Bonchev–Trinajstić information content (AvgIpc) is 3.44. The molecule has 0 aromatic heterocycles. The first-order valence-electron chi connectivity index (χ1n) is 12.9. The van der Waals surface area contributed by atoms with Crippen molar-refractivity contribution in [3.63, 3.8) is 0 Å². The summed E-state index contributed by atoms with van der Waals surface area (Å²) in [6.45, 7) is 0.408. The molecule has 0 saturated carbocycles. The highest BCUT2D eigenvalue weighted by Gasteiger charge is 2.49. The van der Waals surface area contributed by atoms with Gasteiger partial charge in [-0.05, 0) is 22.8 Å². The number of rotatable bonds is 7. The van der Waals surface area contributed by atoms with E-state index in [-0.39, 0.29) is 31.3 Å². The molecule has 212 valence electrons. The van der Waals surface area contributed by atoms with E-state index in [2.05, 4.69) is 5.32 Å². The number of amides is 1. The lowest BCUT2D eigenvalue weighted by atomic mass is 9.76. The fourth-order valence-corrected chi connectivity index (χ4v) is 5.38. The third kappa shape index (κ3) is 5.70. The highest BCUT2D eigenvalue weighted by atomic mass is 35.6. The molecular formula is C30H24Cl3NO7. The van der Waals surface area contributed by atoms with Gasteiger partial charge in [-0.1, -0.05) is 108 Å². The van der Waals surface area contributed by atoms with Crippen molar-refractivity contribution in [2.24, 2.45) is 0 Å². The number of benzene rings is 3. The maximum absolute atomic E-state index is 13.7. The SMILES string of the molecule is O=C1O[C@@H]2[C@H](c3cc4c(c(OCc5ccccc5)c31)OCO4)[C@@H](NC(=O)C(Cl)(Cl)Cl)C=C[C@H]2OCc1ccccc1. The number of halogens is 3. The number of hydrogen-bond donors (Lipinski definition) is 1. The highest BCUT2D eigenvalue weighted by molar-refractivity contribution is 6.76. The van der Waals surface area contributed by atoms with E-state index >= 15 is 0 Å². The fourth-order valence-electron chi connectivity index (χ4n) is 5.22. The van der Waals surface area contributed by atoms with Crippen molar-refractivity contribution in [1.29, 1.82) is 0 Å². The van der Waals surface area contributed by atoms with E-state index in [0.717, 1.165) is 11.1 Å². The van der Waals surface area contributed by atoms with Gasteiger partial charge in [0.15, 0.2) is 11.5 Å². The van der Waals surface area contributed by atoms with Crippen LogP contribution in [0.15, 0.2) is 78.9 Å². The minimum Gasteiger partial charge on any atom is -0.484 e. The minimum atomic E-state index is -2.20. The number of nitrogens with one attached hydrogen (secondary N) is 1. The van der Waals surface area contributed by atoms with Crippen molar-refractivity contribution in [1.82, 2.24) is 5.32 Å². The molecule has 0 saturated heterocycles. The van der Waals surface area contributed by atoms with Gasteiger partial charge in [-0.3, -0.25) is 4.79 Å². The van der Waals surface area contributed by atoms with E-state index in [1.165, 1.54) is 0 Å². The molecule has 1 aliphatic carbocycles. The van der Waals surface area contributed by atoms with E-state index in [4.69, 9.17) is 58.5 Å². The molecule has 0 fully saturated rings. The minimum absolute atomic E-state index is 0.0425. The zero-order valence-corrected chi connectivity index (χ0v) is 23.7. The van der Waals surface area contributed by atoms with Gasteiger partial charge in [-0.2, -0.15) is 0 Å². The van der Waals surface area contributed by atoms with Gasteiger partial charge in [0.25, 0.3) is 9.70 Å². The van der Waals surface area contributed by atoms with Crippen LogP contribution in [0.4, 0.5) is 0 Å². The van der Waals surface area contributed by atoms with E-state index in [9.17, 15) is 9.59 Å². The first-order chi connectivity index (χ1) is 19.8. The second-order valence-corrected chi connectivity index (χ2v) is 12.0. The Hall–Kier alpha value is -3.43. The van der Waals surface area contributed by atoms with Crippen molar-refractivity contribution in [2.45, 2.75) is 41.2 Å². The Balaban J connectivity index is 1.39. The number of carbonyl (C=O) groups is 2.